The topological polar surface area (TPSA) is 28.1 Å². The lowest BCUT2D eigenvalue weighted by atomic mass is 9.91. The molecule has 3 aromatic carbocycles. The van der Waals surface area contributed by atoms with Crippen molar-refractivity contribution < 1.29 is 0 Å². The summed E-state index contributed by atoms with van der Waals surface area (Å²) in [6.07, 6.45) is 0. The van der Waals surface area contributed by atoms with Crippen LogP contribution in [0.4, 0.5) is 0 Å². The van der Waals surface area contributed by atoms with Crippen molar-refractivity contribution in [3.05, 3.63) is 130 Å². The summed E-state index contributed by atoms with van der Waals surface area (Å²) >= 11 is 0. The summed E-state index contributed by atoms with van der Waals surface area (Å²) in [7, 11) is 0. The first-order valence-corrected chi connectivity index (χ1v) is 11.4. The lowest BCUT2D eigenvalue weighted by Crippen LogP contribution is -1.97. The molecule has 0 radical (unpaired) electrons. The molecule has 0 saturated carbocycles. The molecule has 0 saturated heterocycles. The van der Waals surface area contributed by atoms with Crippen LogP contribution in [0.15, 0.2) is 107 Å². The zero-order valence-electron chi connectivity index (χ0n) is 19.6. The van der Waals surface area contributed by atoms with E-state index in [-0.39, 0.29) is 0 Å². The minimum Gasteiger partial charge on any atom is -0.358 e. The van der Waals surface area contributed by atoms with E-state index in [1.165, 1.54) is 44.7 Å². The number of hydrogen-bond donors (Lipinski definition) is 1. The molecular weight excluding hydrogens is 400 g/mol. The van der Waals surface area contributed by atoms with Gasteiger partial charge in [0.1, 0.15) is 0 Å². The Balaban J connectivity index is 1.79. The van der Waals surface area contributed by atoms with Gasteiger partial charge in [0.05, 0.1) is 11.4 Å². The number of aromatic nitrogens is 1. The van der Waals surface area contributed by atoms with E-state index in [2.05, 4.69) is 124 Å². The van der Waals surface area contributed by atoms with Gasteiger partial charge in [-0.25, -0.2) is 0 Å². The van der Waals surface area contributed by atoms with Crippen molar-refractivity contribution in [1.82, 2.24) is 4.98 Å². The van der Waals surface area contributed by atoms with Gasteiger partial charge in [-0.15, -0.1) is 0 Å². The average Bonchev–Trinajstić information content (AvgIpc) is 3.30. The van der Waals surface area contributed by atoms with Crippen LogP contribution in [-0.4, -0.2) is 10.7 Å². The van der Waals surface area contributed by atoms with E-state index in [1.54, 1.807) is 0 Å². The molecule has 0 amide bonds. The molecule has 2 heterocycles. The zero-order valence-corrected chi connectivity index (χ0v) is 19.6. The monoisotopic (exact) mass is 428 g/mol. The first-order chi connectivity index (χ1) is 16.1. The van der Waals surface area contributed by atoms with Gasteiger partial charge in [-0.2, -0.15) is 0 Å². The van der Waals surface area contributed by atoms with Gasteiger partial charge < -0.3 is 4.98 Å². The molecule has 162 valence electrons. The normalized spacial score (nSPS) is 15.1. The predicted molar refractivity (Wildman–Crippen MR) is 140 cm³/mol. The number of H-pyrrole nitrogens is 1. The van der Waals surface area contributed by atoms with E-state index < -0.39 is 0 Å². The molecule has 1 aromatic heterocycles. The number of aliphatic imine (C=N–C) groups is 1. The largest absolute Gasteiger partial charge is 0.358 e. The van der Waals surface area contributed by atoms with Crippen LogP contribution in [-0.2, 0) is 0 Å². The van der Waals surface area contributed by atoms with Crippen molar-refractivity contribution in [2.45, 2.75) is 27.7 Å². The van der Waals surface area contributed by atoms with Crippen LogP contribution < -0.4 is 0 Å². The predicted octanol–water partition coefficient (Wildman–Crippen LogP) is 8.01. The molecule has 0 unspecified atom stereocenters. The molecule has 1 aliphatic rings. The van der Waals surface area contributed by atoms with Crippen LogP contribution in [0.5, 0.6) is 0 Å². The molecule has 2 heteroatoms. The third-order valence-electron chi connectivity index (χ3n) is 6.48. The Kier molecular flexibility index (Phi) is 5.43. The highest BCUT2D eigenvalue weighted by Gasteiger charge is 2.26. The zero-order chi connectivity index (χ0) is 22.9. The summed E-state index contributed by atoms with van der Waals surface area (Å²) in [5.74, 6) is 0. The molecular formula is C31H28N2. The van der Waals surface area contributed by atoms with Gasteiger partial charge >= 0.3 is 0 Å². The summed E-state index contributed by atoms with van der Waals surface area (Å²) in [5.41, 5.74) is 14.1. The van der Waals surface area contributed by atoms with Crippen LogP contribution in [0.3, 0.4) is 0 Å². The van der Waals surface area contributed by atoms with E-state index in [4.69, 9.17) is 4.99 Å². The summed E-state index contributed by atoms with van der Waals surface area (Å²) in [6, 6.07) is 31.8. The molecule has 0 atom stereocenters. The lowest BCUT2D eigenvalue weighted by molar-refractivity contribution is 1.21. The van der Waals surface area contributed by atoms with E-state index >= 15 is 0 Å². The van der Waals surface area contributed by atoms with E-state index in [9.17, 15) is 0 Å². The standard InChI is InChI=1S/C31H28N2/c1-20-27(24-14-8-5-9-15-24)22(3)32-30(20)29(26-18-12-7-13-19-26)31-21(2)28(23(4)33-31)25-16-10-6-11-17-25/h5-19,32H,1-4H3/b31-29-. The second kappa shape index (κ2) is 8.55. The smallest absolute Gasteiger partial charge is 0.0768 e. The maximum Gasteiger partial charge on any atom is 0.0768 e. The third-order valence-corrected chi connectivity index (χ3v) is 6.48. The first-order valence-electron chi connectivity index (χ1n) is 11.4. The van der Waals surface area contributed by atoms with Crippen LogP contribution in [0.2, 0.25) is 0 Å². The van der Waals surface area contributed by atoms with Gasteiger partial charge in [0, 0.05) is 28.1 Å². The Labute approximate surface area is 196 Å². The molecule has 0 fully saturated rings. The number of aryl methyl sites for hydroxylation is 1. The summed E-state index contributed by atoms with van der Waals surface area (Å²) in [5, 5.41) is 0. The van der Waals surface area contributed by atoms with Crippen LogP contribution in [0, 0.1) is 13.8 Å². The van der Waals surface area contributed by atoms with Crippen LogP contribution in [0.1, 0.15) is 41.9 Å². The number of aromatic amines is 1. The highest BCUT2D eigenvalue weighted by Crippen LogP contribution is 2.42. The molecule has 0 spiro atoms. The summed E-state index contributed by atoms with van der Waals surface area (Å²) < 4.78 is 0. The molecule has 5 rings (SSSR count). The average molecular weight is 429 g/mol. The Morgan fingerprint density at radius 2 is 1.21 bits per heavy atom. The number of rotatable bonds is 4. The Morgan fingerprint density at radius 1 is 0.667 bits per heavy atom. The number of nitrogens with zero attached hydrogens (tertiary/aromatic N) is 1. The second-order valence-electron chi connectivity index (χ2n) is 8.64. The minimum atomic E-state index is 1.04. The molecule has 4 aromatic rings. The van der Waals surface area contributed by atoms with Crippen LogP contribution in [0.25, 0.3) is 22.3 Å². The van der Waals surface area contributed by atoms with Gasteiger partial charge in [0.25, 0.3) is 0 Å². The number of nitrogens with one attached hydrogen (secondary N) is 1. The maximum absolute atomic E-state index is 5.14. The van der Waals surface area contributed by atoms with Gasteiger partial charge in [-0.3, -0.25) is 4.99 Å². The summed E-state index contributed by atoms with van der Waals surface area (Å²) in [4.78, 5) is 8.86. The fourth-order valence-electron chi connectivity index (χ4n) is 5.01. The number of allylic oxidation sites excluding steroid dienone is 2. The fourth-order valence-corrected chi connectivity index (χ4v) is 5.01. The van der Waals surface area contributed by atoms with Crippen molar-refractivity contribution >= 4 is 16.9 Å². The Hall–Kier alpha value is -3.91. The second-order valence-corrected chi connectivity index (χ2v) is 8.64. The minimum absolute atomic E-state index is 1.04. The molecule has 2 nitrogen and oxygen atoms in total. The van der Waals surface area contributed by atoms with Gasteiger partial charge in [0.2, 0.25) is 0 Å². The van der Waals surface area contributed by atoms with Gasteiger partial charge in [-0.1, -0.05) is 91.0 Å². The molecule has 33 heavy (non-hydrogen) atoms. The van der Waals surface area contributed by atoms with Crippen LogP contribution >= 0.6 is 0 Å². The van der Waals surface area contributed by atoms with Gasteiger partial charge in [0.15, 0.2) is 0 Å². The van der Waals surface area contributed by atoms with E-state index in [0.717, 1.165) is 22.7 Å². The highest BCUT2D eigenvalue weighted by molar-refractivity contribution is 6.27. The molecule has 1 aliphatic heterocycles. The summed E-state index contributed by atoms with van der Waals surface area (Å²) in [6.45, 7) is 8.69. The fraction of sp³-hybridized carbons (Fsp3) is 0.129. The van der Waals surface area contributed by atoms with Crippen molar-refractivity contribution in [2.75, 3.05) is 0 Å². The number of hydrogen-bond acceptors (Lipinski definition) is 1. The molecule has 0 aliphatic carbocycles. The highest BCUT2D eigenvalue weighted by atomic mass is 14.8. The third kappa shape index (κ3) is 3.68. The quantitative estimate of drug-likeness (QED) is 0.341. The van der Waals surface area contributed by atoms with Gasteiger partial charge in [-0.05, 0) is 55.5 Å². The number of benzene rings is 3. The van der Waals surface area contributed by atoms with Crippen molar-refractivity contribution in [2.24, 2.45) is 4.99 Å². The SMILES string of the molecule is CC1=N/C(=C(/c2ccccc2)c2[nH]c(C)c(-c3ccccc3)c2C)C(C)=C1c1ccccc1. The Morgan fingerprint density at radius 3 is 1.82 bits per heavy atom. The Bertz CT molecular complexity index is 1400. The maximum atomic E-state index is 5.14. The molecule has 0 bridgehead atoms. The first kappa shape index (κ1) is 21.0. The van der Waals surface area contributed by atoms with Crippen molar-refractivity contribution in [3.63, 3.8) is 0 Å². The van der Waals surface area contributed by atoms with E-state index in [1.807, 2.05) is 0 Å². The van der Waals surface area contributed by atoms with Crippen molar-refractivity contribution in [1.29, 1.82) is 0 Å². The lowest BCUT2D eigenvalue weighted by Gasteiger charge is -2.13. The molecule has 1 N–H and O–H groups in total. The van der Waals surface area contributed by atoms with Crippen molar-refractivity contribution in [3.8, 4) is 11.1 Å². The van der Waals surface area contributed by atoms with E-state index in [0.29, 0.717) is 0 Å².